The average Bonchev–Trinajstić information content (AvgIpc) is 3.44. The zero-order chi connectivity index (χ0) is 24.2. The molecular weight excluding hydrogens is 457 g/mol. The third-order valence-electron chi connectivity index (χ3n) is 4.91. The predicted molar refractivity (Wildman–Crippen MR) is 118 cm³/mol. The van der Waals surface area contributed by atoms with Crippen LogP contribution in [-0.4, -0.2) is 53.8 Å². The molecule has 1 atom stereocenters. The number of alkyl halides is 3. The first-order valence-electron chi connectivity index (χ1n) is 10.0. The highest BCUT2D eigenvalue weighted by Crippen LogP contribution is 2.34. The summed E-state index contributed by atoms with van der Waals surface area (Å²) in [7, 11) is 3.83. The lowest BCUT2D eigenvalue weighted by Gasteiger charge is -2.24. The molecule has 0 unspecified atom stereocenters. The molecule has 1 N–H and O–H groups in total. The van der Waals surface area contributed by atoms with Crippen molar-refractivity contribution in [1.29, 1.82) is 0 Å². The van der Waals surface area contributed by atoms with Gasteiger partial charge in [0.05, 0.1) is 24.5 Å². The van der Waals surface area contributed by atoms with E-state index >= 15 is 0 Å². The summed E-state index contributed by atoms with van der Waals surface area (Å²) in [6.07, 6.45) is -4.01. The van der Waals surface area contributed by atoms with Crippen LogP contribution in [0, 0.1) is 0 Å². The quantitative estimate of drug-likeness (QED) is 0.490. The number of likely N-dealkylation sites (N-methyl/N-ethyl adjacent to an activating group) is 1. The van der Waals surface area contributed by atoms with Gasteiger partial charge < -0.3 is 15.0 Å². The van der Waals surface area contributed by atoms with Gasteiger partial charge in [0.1, 0.15) is 5.56 Å². The molecule has 0 aliphatic rings. The van der Waals surface area contributed by atoms with Crippen LogP contribution in [0.1, 0.15) is 44.9 Å². The Kier molecular flexibility index (Phi) is 7.54. The standard InChI is InChI=1S/C22H23F3N4O3S/c1-4-32-21(31)17-11-27-29(19(17)22(23,24)25)16-7-5-14(6-8-16)20(30)26-12-18(28(2)3)15-9-10-33-13-15/h5-11,13,18H,4,12H2,1-3H3,(H,26,30)/t18-/m0/s1. The SMILES string of the molecule is CCOC(=O)c1cnn(-c2ccc(C(=O)NC[C@@H](c3ccsc3)N(C)C)cc2)c1C(F)(F)F. The van der Waals surface area contributed by atoms with Gasteiger partial charge in [0.2, 0.25) is 0 Å². The highest BCUT2D eigenvalue weighted by Gasteiger charge is 2.41. The Hall–Kier alpha value is -3.18. The molecule has 0 saturated heterocycles. The van der Waals surface area contributed by atoms with Crippen LogP contribution < -0.4 is 5.32 Å². The minimum absolute atomic E-state index is 0.0146. The Bertz CT molecular complexity index is 1090. The third-order valence-corrected chi connectivity index (χ3v) is 5.62. The molecular formula is C22H23F3N4O3S. The van der Waals surface area contributed by atoms with Gasteiger partial charge >= 0.3 is 12.1 Å². The fourth-order valence-corrected chi connectivity index (χ4v) is 3.99. The number of carbonyl (C=O) groups excluding carboxylic acids is 2. The number of esters is 1. The van der Waals surface area contributed by atoms with Crippen LogP contribution in [-0.2, 0) is 10.9 Å². The lowest BCUT2D eigenvalue weighted by atomic mass is 10.1. The number of hydrogen-bond acceptors (Lipinski definition) is 6. The minimum Gasteiger partial charge on any atom is -0.462 e. The molecule has 0 radical (unpaired) electrons. The van der Waals surface area contributed by atoms with Crippen molar-refractivity contribution in [2.75, 3.05) is 27.2 Å². The van der Waals surface area contributed by atoms with Crippen LogP contribution in [0.4, 0.5) is 13.2 Å². The number of thiophene rings is 1. The molecule has 0 aliphatic carbocycles. The van der Waals surface area contributed by atoms with E-state index in [-0.39, 0.29) is 29.8 Å². The number of halogens is 3. The molecule has 3 rings (SSSR count). The number of hydrogen-bond donors (Lipinski definition) is 1. The molecule has 2 aromatic heterocycles. The Balaban J connectivity index is 1.79. The number of aromatic nitrogens is 2. The first-order chi connectivity index (χ1) is 15.6. The molecule has 176 valence electrons. The summed E-state index contributed by atoms with van der Waals surface area (Å²) in [5.41, 5.74) is -0.486. The molecule has 0 bridgehead atoms. The predicted octanol–water partition coefficient (Wildman–Crippen LogP) is 4.16. The van der Waals surface area contributed by atoms with Crippen molar-refractivity contribution in [3.05, 3.63) is 69.7 Å². The maximum atomic E-state index is 13.7. The monoisotopic (exact) mass is 480 g/mol. The second-order valence-corrected chi connectivity index (χ2v) is 8.11. The normalized spacial score (nSPS) is 12.6. The van der Waals surface area contributed by atoms with Crippen molar-refractivity contribution >= 4 is 23.2 Å². The van der Waals surface area contributed by atoms with Crippen molar-refractivity contribution in [2.24, 2.45) is 0 Å². The summed E-state index contributed by atoms with van der Waals surface area (Å²) in [6.45, 7) is 1.80. The van der Waals surface area contributed by atoms with E-state index in [0.29, 0.717) is 11.2 Å². The van der Waals surface area contributed by atoms with Crippen LogP contribution in [0.25, 0.3) is 5.69 Å². The smallest absolute Gasteiger partial charge is 0.434 e. The van der Waals surface area contributed by atoms with Gasteiger partial charge in [-0.2, -0.15) is 29.6 Å². The van der Waals surface area contributed by atoms with Gasteiger partial charge in [0, 0.05) is 12.1 Å². The van der Waals surface area contributed by atoms with Crippen LogP contribution in [0.2, 0.25) is 0 Å². The highest BCUT2D eigenvalue weighted by atomic mass is 32.1. The van der Waals surface area contributed by atoms with Crippen LogP contribution >= 0.6 is 11.3 Å². The molecule has 0 fully saturated rings. The van der Waals surface area contributed by atoms with E-state index < -0.39 is 23.4 Å². The van der Waals surface area contributed by atoms with Crippen LogP contribution in [0.15, 0.2) is 47.3 Å². The van der Waals surface area contributed by atoms with Gasteiger partial charge in [-0.3, -0.25) is 4.79 Å². The summed E-state index contributed by atoms with van der Waals surface area (Å²) in [6, 6.07) is 7.47. The van der Waals surface area contributed by atoms with Crippen molar-refractivity contribution in [3.63, 3.8) is 0 Å². The molecule has 1 amide bonds. The Morgan fingerprint density at radius 2 is 1.91 bits per heavy atom. The number of nitrogens with one attached hydrogen (secondary N) is 1. The first kappa shape index (κ1) is 24.5. The van der Waals surface area contributed by atoms with E-state index in [1.807, 2.05) is 35.8 Å². The summed E-state index contributed by atoms with van der Waals surface area (Å²) in [4.78, 5) is 26.5. The van der Waals surface area contributed by atoms with Gasteiger partial charge in [0.25, 0.3) is 5.91 Å². The van der Waals surface area contributed by atoms with Gasteiger partial charge in [0.15, 0.2) is 5.69 Å². The topological polar surface area (TPSA) is 76.5 Å². The largest absolute Gasteiger partial charge is 0.462 e. The average molecular weight is 481 g/mol. The van der Waals surface area contributed by atoms with E-state index in [1.54, 1.807) is 11.3 Å². The number of nitrogens with zero attached hydrogens (tertiary/aromatic N) is 3. The maximum Gasteiger partial charge on any atom is 0.434 e. The summed E-state index contributed by atoms with van der Waals surface area (Å²) in [5, 5.41) is 10.6. The number of amides is 1. The molecule has 0 spiro atoms. The van der Waals surface area contributed by atoms with E-state index in [0.717, 1.165) is 11.8 Å². The molecule has 0 saturated carbocycles. The van der Waals surface area contributed by atoms with Crippen molar-refractivity contribution in [2.45, 2.75) is 19.1 Å². The minimum atomic E-state index is -4.84. The van der Waals surface area contributed by atoms with Gasteiger partial charge in [-0.05, 0) is 67.7 Å². The van der Waals surface area contributed by atoms with E-state index in [9.17, 15) is 22.8 Å². The zero-order valence-electron chi connectivity index (χ0n) is 18.2. The molecule has 11 heteroatoms. The summed E-state index contributed by atoms with van der Waals surface area (Å²) in [5.74, 6) is -1.46. The second kappa shape index (κ2) is 10.2. The fourth-order valence-electron chi connectivity index (χ4n) is 3.28. The number of benzene rings is 1. The molecule has 1 aromatic carbocycles. The number of rotatable bonds is 8. The van der Waals surface area contributed by atoms with Gasteiger partial charge in [-0.1, -0.05) is 0 Å². The van der Waals surface area contributed by atoms with Gasteiger partial charge in [-0.25, -0.2) is 9.48 Å². The molecule has 3 aromatic rings. The summed E-state index contributed by atoms with van der Waals surface area (Å²) >= 11 is 1.57. The Morgan fingerprint density at radius 1 is 1.21 bits per heavy atom. The first-order valence-corrected chi connectivity index (χ1v) is 11.0. The molecule has 2 heterocycles. The van der Waals surface area contributed by atoms with Crippen molar-refractivity contribution < 1.29 is 27.5 Å². The summed E-state index contributed by atoms with van der Waals surface area (Å²) < 4.78 is 46.3. The van der Waals surface area contributed by atoms with Crippen molar-refractivity contribution in [3.8, 4) is 5.69 Å². The maximum absolute atomic E-state index is 13.7. The second-order valence-electron chi connectivity index (χ2n) is 7.33. The van der Waals surface area contributed by atoms with E-state index in [4.69, 9.17) is 4.74 Å². The highest BCUT2D eigenvalue weighted by molar-refractivity contribution is 7.08. The Morgan fingerprint density at radius 3 is 2.45 bits per heavy atom. The lowest BCUT2D eigenvalue weighted by Crippen LogP contribution is -2.34. The Labute approximate surface area is 192 Å². The van der Waals surface area contributed by atoms with Crippen molar-refractivity contribution in [1.82, 2.24) is 20.0 Å². The zero-order valence-corrected chi connectivity index (χ0v) is 19.0. The fraction of sp³-hybridized carbons (Fsp3) is 0.318. The molecule has 0 aliphatic heterocycles. The van der Waals surface area contributed by atoms with E-state index in [1.165, 1.54) is 31.2 Å². The van der Waals surface area contributed by atoms with Crippen LogP contribution in [0.3, 0.4) is 0 Å². The lowest BCUT2D eigenvalue weighted by molar-refractivity contribution is -0.143. The van der Waals surface area contributed by atoms with Gasteiger partial charge in [-0.15, -0.1) is 0 Å². The molecule has 33 heavy (non-hydrogen) atoms. The number of ether oxygens (including phenoxy) is 1. The molecule has 7 nitrogen and oxygen atoms in total. The van der Waals surface area contributed by atoms with Crippen LogP contribution in [0.5, 0.6) is 0 Å². The van der Waals surface area contributed by atoms with E-state index in [2.05, 4.69) is 10.4 Å². The third kappa shape index (κ3) is 5.60. The number of carbonyl (C=O) groups is 2.